The third-order valence-electron chi connectivity index (χ3n) is 2.43. The molecular weight excluding hydrogens is 268 g/mol. The Labute approximate surface area is 111 Å². The van der Waals surface area contributed by atoms with Gasteiger partial charge in [-0.15, -0.1) is 0 Å². The minimum absolute atomic E-state index is 0.0213. The van der Waals surface area contributed by atoms with E-state index in [0.717, 1.165) is 0 Å². The van der Waals surface area contributed by atoms with Crippen LogP contribution in [0.1, 0.15) is 0 Å². The summed E-state index contributed by atoms with van der Waals surface area (Å²) < 4.78 is 33.4. The van der Waals surface area contributed by atoms with Crippen LogP contribution >= 0.6 is 0 Å². The molecule has 0 bridgehead atoms. The van der Waals surface area contributed by atoms with Gasteiger partial charge < -0.3 is 10.5 Å². The van der Waals surface area contributed by atoms with Crippen molar-refractivity contribution >= 4 is 21.4 Å². The Morgan fingerprint density at radius 2 is 2.16 bits per heavy atom. The second-order valence-electron chi connectivity index (χ2n) is 3.92. The summed E-state index contributed by atoms with van der Waals surface area (Å²) in [5.41, 5.74) is 6.40. The van der Waals surface area contributed by atoms with Crippen LogP contribution < -0.4 is 15.2 Å². The second-order valence-corrected chi connectivity index (χ2v) is 5.57. The van der Waals surface area contributed by atoms with Crippen LogP contribution in [0.5, 0.6) is 5.75 Å². The first-order valence-electron chi connectivity index (χ1n) is 5.37. The zero-order valence-electron chi connectivity index (χ0n) is 10.5. The van der Waals surface area contributed by atoms with Gasteiger partial charge in [-0.05, 0) is 12.1 Å². The number of aryl methyl sites for hydroxylation is 1. The number of nitrogens with two attached hydrogens (primary N) is 1. The quantitative estimate of drug-likeness (QED) is 0.808. The molecule has 0 saturated carbocycles. The van der Waals surface area contributed by atoms with Gasteiger partial charge in [0.15, 0.2) is 0 Å². The lowest BCUT2D eigenvalue weighted by molar-refractivity contribution is 0.403. The zero-order valence-corrected chi connectivity index (χ0v) is 11.3. The van der Waals surface area contributed by atoms with E-state index in [9.17, 15) is 8.42 Å². The highest BCUT2D eigenvalue weighted by Gasteiger charge is 2.20. The molecule has 0 fully saturated rings. The smallest absolute Gasteiger partial charge is 0.265 e. The monoisotopic (exact) mass is 282 g/mol. The van der Waals surface area contributed by atoms with Gasteiger partial charge >= 0.3 is 0 Å². The van der Waals surface area contributed by atoms with Gasteiger partial charge in [0, 0.05) is 25.0 Å². The van der Waals surface area contributed by atoms with Crippen molar-refractivity contribution in [2.24, 2.45) is 7.05 Å². The van der Waals surface area contributed by atoms with E-state index in [4.69, 9.17) is 10.5 Å². The molecule has 7 nitrogen and oxygen atoms in total. The summed E-state index contributed by atoms with van der Waals surface area (Å²) in [6, 6.07) is 4.35. The molecule has 1 aromatic carbocycles. The van der Waals surface area contributed by atoms with Gasteiger partial charge in [0.1, 0.15) is 10.6 Å². The van der Waals surface area contributed by atoms with E-state index in [1.165, 1.54) is 36.2 Å². The number of benzene rings is 1. The number of hydrogen-bond donors (Lipinski definition) is 2. The Morgan fingerprint density at radius 3 is 2.74 bits per heavy atom. The van der Waals surface area contributed by atoms with Gasteiger partial charge in [0.05, 0.1) is 19.0 Å². The van der Waals surface area contributed by atoms with Gasteiger partial charge in [-0.1, -0.05) is 0 Å². The summed E-state index contributed by atoms with van der Waals surface area (Å²) >= 11 is 0. The lowest BCUT2D eigenvalue weighted by Crippen LogP contribution is -2.13. The fourth-order valence-corrected chi connectivity index (χ4v) is 2.77. The fourth-order valence-electron chi connectivity index (χ4n) is 1.59. The van der Waals surface area contributed by atoms with Crippen LogP contribution in [0.15, 0.2) is 35.5 Å². The molecular formula is C11H14N4O3S. The van der Waals surface area contributed by atoms with Gasteiger partial charge in [-0.3, -0.25) is 9.40 Å². The zero-order chi connectivity index (χ0) is 14.0. The lowest BCUT2D eigenvalue weighted by Gasteiger charge is -2.10. The summed E-state index contributed by atoms with van der Waals surface area (Å²) in [4.78, 5) is 0.0213. The highest BCUT2D eigenvalue weighted by atomic mass is 32.2. The Kier molecular flexibility index (Phi) is 3.34. The van der Waals surface area contributed by atoms with Crippen LogP contribution in [-0.2, 0) is 17.1 Å². The molecule has 3 N–H and O–H groups in total. The van der Waals surface area contributed by atoms with Crippen LogP contribution in [-0.4, -0.2) is 25.3 Å². The Morgan fingerprint density at radius 1 is 1.42 bits per heavy atom. The van der Waals surface area contributed by atoms with Crippen molar-refractivity contribution in [3.63, 3.8) is 0 Å². The molecule has 1 aromatic heterocycles. The highest BCUT2D eigenvalue weighted by Crippen LogP contribution is 2.27. The number of rotatable bonds is 4. The number of aromatic nitrogens is 2. The van der Waals surface area contributed by atoms with E-state index in [-0.39, 0.29) is 10.6 Å². The molecule has 2 rings (SSSR count). The Balaban J connectivity index is 2.39. The van der Waals surface area contributed by atoms with Crippen LogP contribution in [0.25, 0.3) is 0 Å². The van der Waals surface area contributed by atoms with Crippen molar-refractivity contribution in [1.82, 2.24) is 9.78 Å². The summed E-state index contributed by atoms with van der Waals surface area (Å²) in [6.07, 6.45) is 2.97. The average molecular weight is 282 g/mol. The third kappa shape index (κ3) is 2.79. The molecule has 0 aliphatic carbocycles. The molecule has 19 heavy (non-hydrogen) atoms. The van der Waals surface area contributed by atoms with E-state index in [2.05, 4.69) is 9.82 Å². The van der Waals surface area contributed by atoms with Crippen molar-refractivity contribution in [3.8, 4) is 5.75 Å². The summed E-state index contributed by atoms with van der Waals surface area (Å²) in [6.45, 7) is 0. The van der Waals surface area contributed by atoms with Gasteiger partial charge in [0.2, 0.25) is 0 Å². The molecule has 2 aromatic rings. The number of nitrogens with one attached hydrogen (secondary N) is 1. The number of sulfonamides is 1. The Bertz CT molecular complexity index is 694. The van der Waals surface area contributed by atoms with Crippen molar-refractivity contribution in [2.45, 2.75) is 4.90 Å². The van der Waals surface area contributed by atoms with E-state index >= 15 is 0 Å². The van der Waals surface area contributed by atoms with E-state index < -0.39 is 10.0 Å². The summed E-state index contributed by atoms with van der Waals surface area (Å²) in [5, 5.41) is 3.89. The van der Waals surface area contributed by atoms with E-state index in [1.54, 1.807) is 13.2 Å². The number of nitrogens with zero attached hydrogens (tertiary/aromatic N) is 2. The van der Waals surface area contributed by atoms with Crippen molar-refractivity contribution in [3.05, 3.63) is 30.6 Å². The number of anilines is 2. The maximum absolute atomic E-state index is 12.2. The number of ether oxygens (including phenoxy) is 1. The highest BCUT2D eigenvalue weighted by molar-refractivity contribution is 7.92. The third-order valence-corrected chi connectivity index (χ3v) is 3.86. The van der Waals surface area contributed by atoms with Crippen LogP contribution in [0, 0.1) is 0 Å². The minimum atomic E-state index is -3.74. The molecule has 0 amide bonds. The summed E-state index contributed by atoms with van der Waals surface area (Å²) in [5.74, 6) is 0.191. The second kappa shape index (κ2) is 4.81. The molecule has 1 heterocycles. The first kappa shape index (κ1) is 13.2. The van der Waals surface area contributed by atoms with E-state index in [1.807, 2.05) is 0 Å². The van der Waals surface area contributed by atoms with Crippen molar-refractivity contribution in [1.29, 1.82) is 0 Å². The molecule has 0 atom stereocenters. The molecule has 0 spiro atoms. The topological polar surface area (TPSA) is 99.2 Å². The maximum atomic E-state index is 12.2. The molecule has 0 aliphatic rings. The molecule has 102 valence electrons. The van der Waals surface area contributed by atoms with Crippen LogP contribution in [0.2, 0.25) is 0 Å². The Hall–Kier alpha value is -2.22. The van der Waals surface area contributed by atoms with Gasteiger partial charge in [-0.25, -0.2) is 8.42 Å². The molecule has 0 radical (unpaired) electrons. The first-order valence-corrected chi connectivity index (χ1v) is 6.85. The first-order chi connectivity index (χ1) is 8.92. The molecule has 0 unspecified atom stereocenters. The van der Waals surface area contributed by atoms with Gasteiger partial charge in [-0.2, -0.15) is 5.10 Å². The molecule has 8 heteroatoms. The average Bonchev–Trinajstić information content (AvgIpc) is 2.73. The predicted molar refractivity (Wildman–Crippen MR) is 71.4 cm³/mol. The van der Waals surface area contributed by atoms with E-state index in [0.29, 0.717) is 11.4 Å². The standard InChI is InChI=1S/C11H14N4O3S/c1-15-7-9(6-13-15)14-19(16,17)11-4-3-8(12)5-10(11)18-2/h3-7,14H,12H2,1-2H3. The maximum Gasteiger partial charge on any atom is 0.265 e. The largest absolute Gasteiger partial charge is 0.495 e. The lowest BCUT2D eigenvalue weighted by atomic mass is 10.3. The molecule has 0 aliphatic heterocycles. The SMILES string of the molecule is COc1cc(N)ccc1S(=O)(=O)Nc1cnn(C)c1. The summed E-state index contributed by atoms with van der Waals surface area (Å²) in [7, 11) is -0.661. The minimum Gasteiger partial charge on any atom is -0.495 e. The normalized spacial score (nSPS) is 11.3. The van der Waals surface area contributed by atoms with Gasteiger partial charge in [0.25, 0.3) is 10.0 Å². The predicted octanol–water partition coefficient (Wildman–Crippen LogP) is 0.812. The fraction of sp³-hybridized carbons (Fsp3) is 0.182. The van der Waals surface area contributed by atoms with Crippen LogP contribution in [0.4, 0.5) is 11.4 Å². The number of methoxy groups -OCH3 is 1. The van der Waals surface area contributed by atoms with Crippen molar-refractivity contribution in [2.75, 3.05) is 17.6 Å². The number of nitrogen functional groups attached to an aromatic ring is 1. The van der Waals surface area contributed by atoms with Crippen molar-refractivity contribution < 1.29 is 13.2 Å². The number of hydrogen-bond acceptors (Lipinski definition) is 5. The van der Waals surface area contributed by atoms with Crippen LogP contribution in [0.3, 0.4) is 0 Å². The molecule has 0 saturated heterocycles.